The van der Waals surface area contributed by atoms with Gasteiger partial charge in [-0.15, -0.1) is 0 Å². The molecule has 0 atom stereocenters. The number of carboxylic acid groups (broad SMARTS) is 1. The van der Waals surface area contributed by atoms with Crippen molar-refractivity contribution in [3.63, 3.8) is 0 Å². The van der Waals surface area contributed by atoms with E-state index in [1.807, 2.05) is 0 Å². The molecule has 6 nitrogen and oxygen atoms in total. The number of amides is 1. The highest BCUT2D eigenvalue weighted by Crippen LogP contribution is 2.14. The first-order valence-corrected chi connectivity index (χ1v) is 6.91. The molecule has 6 heteroatoms. The lowest BCUT2D eigenvalue weighted by atomic mass is 10.1. The molecule has 118 valence electrons. The van der Waals surface area contributed by atoms with E-state index in [9.17, 15) is 19.5 Å². The van der Waals surface area contributed by atoms with Gasteiger partial charge >= 0.3 is 5.97 Å². The van der Waals surface area contributed by atoms with Crippen LogP contribution in [0.15, 0.2) is 48.5 Å². The fraction of sp³-hybridized carbons (Fsp3) is 0.118. The number of phenolic OH excluding ortho intramolecular Hbond substituents is 1. The molecule has 2 rings (SSSR count). The third-order valence-corrected chi connectivity index (χ3v) is 3.16. The second-order valence-electron chi connectivity index (χ2n) is 4.90. The SMILES string of the molecule is O=C(CCC(=O)c1cccc(O)c1)Nc1ccc(C(=O)O)cc1. The first-order valence-electron chi connectivity index (χ1n) is 6.91. The summed E-state index contributed by atoms with van der Waals surface area (Å²) in [5.41, 5.74) is 0.940. The van der Waals surface area contributed by atoms with Gasteiger partial charge in [-0.1, -0.05) is 12.1 Å². The van der Waals surface area contributed by atoms with Crippen LogP contribution < -0.4 is 5.32 Å². The Balaban J connectivity index is 1.87. The third-order valence-electron chi connectivity index (χ3n) is 3.16. The van der Waals surface area contributed by atoms with Crippen molar-refractivity contribution in [1.29, 1.82) is 0 Å². The van der Waals surface area contributed by atoms with Crippen LogP contribution in [0.4, 0.5) is 5.69 Å². The number of aromatic carboxylic acids is 1. The fourth-order valence-electron chi connectivity index (χ4n) is 1.97. The molecule has 2 aromatic carbocycles. The van der Waals surface area contributed by atoms with Crippen LogP contribution in [-0.2, 0) is 4.79 Å². The zero-order valence-corrected chi connectivity index (χ0v) is 12.2. The van der Waals surface area contributed by atoms with Crippen LogP contribution in [0.5, 0.6) is 5.75 Å². The van der Waals surface area contributed by atoms with E-state index >= 15 is 0 Å². The number of carbonyl (C=O) groups excluding carboxylic acids is 2. The van der Waals surface area contributed by atoms with Crippen LogP contribution in [-0.4, -0.2) is 27.9 Å². The number of nitrogens with one attached hydrogen (secondary N) is 1. The van der Waals surface area contributed by atoms with Crippen molar-refractivity contribution in [3.05, 3.63) is 59.7 Å². The third kappa shape index (κ3) is 4.67. The fourth-order valence-corrected chi connectivity index (χ4v) is 1.97. The minimum atomic E-state index is -1.04. The number of Topliss-reactive ketones (excluding diaryl/α,β-unsaturated/α-hetero) is 1. The monoisotopic (exact) mass is 313 g/mol. The van der Waals surface area contributed by atoms with Crippen molar-refractivity contribution < 1.29 is 24.6 Å². The van der Waals surface area contributed by atoms with Crippen molar-refractivity contribution in [2.45, 2.75) is 12.8 Å². The first-order chi connectivity index (χ1) is 11.0. The van der Waals surface area contributed by atoms with Gasteiger partial charge in [0.2, 0.25) is 5.91 Å². The highest BCUT2D eigenvalue weighted by molar-refractivity contribution is 6.00. The number of ketones is 1. The Bertz CT molecular complexity index is 737. The molecule has 3 N–H and O–H groups in total. The average molecular weight is 313 g/mol. The predicted molar refractivity (Wildman–Crippen MR) is 83.7 cm³/mol. The molecule has 0 fully saturated rings. The normalized spacial score (nSPS) is 10.1. The zero-order chi connectivity index (χ0) is 16.8. The Kier molecular flexibility index (Phi) is 5.09. The standard InChI is InChI=1S/C17H15NO5/c19-14-3-1-2-12(10-14)15(20)8-9-16(21)18-13-6-4-11(5-7-13)17(22)23/h1-7,10,19H,8-9H2,(H,18,21)(H,22,23). The number of benzene rings is 2. The van der Waals surface area contributed by atoms with Crippen LogP contribution >= 0.6 is 0 Å². The minimum Gasteiger partial charge on any atom is -0.508 e. The number of carbonyl (C=O) groups is 3. The molecule has 0 aliphatic carbocycles. The minimum absolute atomic E-state index is 0.00109. The van der Waals surface area contributed by atoms with E-state index in [-0.39, 0.29) is 35.8 Å². The lowest BCUT2D eigenvalue weighted by molar-refractivity contribution is -0.116. The smallest absolute Gasteiger partial charge is 0.335 e. The Morgan fingerprint density at radius 1 is 0.913 bits per heavy atom. The van der Waals surface area contributed by atoms with Crippen LogP contribution in [0, 0.1) is 0 Å². The van der Waals surface area contributed by atoms with E-state index in [0.29, 0.717) is 11.3 Å². The zero-order valence-electron chi connectivity index (χ0n) is 12.2. The Labute approximate surface area is 132 Å². The first kappa shape index (κ1) is 16.2. The second-order valence-corrected chi connectivity index (χ2v) is 4.90. The number of rotatable bonds is 6. The molecule has 0 aliphatic heterocycles. The maximum Gasteiger partial charge on any atom is 0.335 e. The molecule has 0 unspecified atom stereocenters. The topological polar surface area (TPSA) is 104 Å². The molecular formula is C17H15NO5. The molecule has 2 aromatic rings. The van der Waals surface area contributed by atoms with Gasteiger partial charge < -0.3 is 15.5 Å². The van der Waals surface area contributed by atoms with Gasteiger partial charge in [0.05, 0.1) is 5.56 Å². The molecule has 0 spiro atoms. The molecular weight excluding hydrogens is 298 g/mol. The molecule has 0 radical (unpaired) electrons. The highest BCUT2D eigenvalue weighted by atomic mass is 16.4. The van der Waals surface area contributed by atoms with Crippen LogP contribution in [0.2, 0.25) is 0 Å². The molecule has 1 amide bonds. The van der Waals surface area contributed by atoms with Gasteiger partial charge in [-0.25, -0.2) is 4.79 Å². The summed E-state index contributed by atoms with van der Waals surface area (Å²) in [5, 5.41) is 20.7. The maximum absolute atomic E-state index is 11.9. The molecule has 0 heterocycles. The van der Waals surface area contributed by atoms with Gasteiger partial charge in [-0.05, 0) is 36.4 Å². The number of phenols is 1. The Hall–Kier alpha value is -3.15. The van der Waals surface area contributed by atoms with Crippen LogP contribution in [0.3, 0.4) is 0 Å². The summed E-state index contributed by atoms with van der Waals surface area (Å²) >= 11 is 0. The maximum atomic E-state index is 11.9. The second kappa shape index (κ2) is 7.22. The summed E-state index contributed by atoms with van der Waals surface area (Å²) in [6, 6.07) is 11.7. The van der Waals surface area contributed by atoms with Crippen molar-refractivity contribution in [3.8, 4) is 5.75 Å². The summed E-state index contributed by atoms with van der Waals surface area (Å²) in [6.07, 6.45) is 0.0116. The van der Waals surface area contributed by atoms with Crippen LogP contribution in [0.1, 0.15) is 33.6 Å². The number of hydrogen-bond donors (Lipinski definition) is 3. The van der Waals surface area contributed by atoms with Crippen molar-refractivity contribution in [1.82, 2.24) is 0 Å². The number of carboxylic acids is 1. The number of anilines is 1. The van der Waals surface area contributed by atoms with Gasteiger partial charge in [-0.2, -0.15) is 0 Å². The van der Waals surface area contributed by atoms with Crippen molar-refractivity contribution in [2.24, 2.45) is 0 Å². The molecule has 0 aromatic heterocycles. The molecule has 0 saturated carbocycles. The lowest BCUT2D eigenvalue weighted by Gasteiger charge is -2.05. The summed E-state index contributed by atoms with van der Waals surface area (Å²) in [7, 11) is 0. The van der Waals surface area contributed by atoms with E-state index in [4.69, 9.17) is 5.11 Å². The number of hydrogen-bond acceptors (Lipinski definition) is 4. The molecule has 0 bridgehead atoms. The summed E-state index contributed by atoms with van der Waals surface area (Å²) in [6.45, 7) is 0. The lowest BCUT2D eigenvalue weighted by Crippen LogP contribution is -2.13. The van der Waals surface area contributed by atoms with E-state index in [2.05, 4.69) is 5.32 Å². The Morgan fingerprint density at radius 2 is 1.61 bits per heavy atom. The predicted octanol–water partition coefficient (Wildman–Crippen LogP) is 2.69. The van der Waals surface area contributed by atoms with Gasteiger partial charge in [0.1, 0.15) is 5.75 Å². The summed E-state index contributed by atoms with van der Waals surface area (Å²) < 4.78 is 0. The summed E-state index contributed by atoms with van der Waals surface area (Å²) in [5.74, 6) is -1.63. The highest BCUT2D eigenvalue weighted by Gasteiger charge is 2.10. The van der Waals surface area contributed by atoms with E-state index in [1.54, 1.807) is 12.1 Å². The van der Waals surface area contributed by atoms with Gasteiger partial charge in [0, 0.05) is 24.1 Å². The quantitative estimate of drug-likeness (QED) is 0.711. The van der Waals surface area contributed by atoms with Gasteiger partial charge in [0.15, 0.2) is 5.78 Å². The van der Waals surface area contributed by atoms with Crippen LogP contribution in [0.25, 0.3) is 0 Å². The van der Waals surface area contributed by atoms with Gasteiger partial charge in [0.25, 0.3) is 0 Å². The Morgan fingerprint density at radius 3 is 2.22 bits per heavy atom. The van der Waals surface area contributed by atoms with Crippen molar-refractivity contribution in [2.75, 3.05) is 5.32 Å². The van der Waals surface area contributed by atoms with Crippen molar-refractivity contribution >= 4 is 23.3 Å². The number of aromatic hydroxyl groups is 1. The van der Waals surface area contributed by atoms with E-state index in [0.717, 1.165) is 0 Å². The van der Waals surface area contributed by atoms with E-state index in [1.165, 1.54) is 36.4 Å². The molecule has 0 saturated heterocycles. The largest absolute Gasteiger partial charge is 0.508 e. The summed E-state index contributed by atoms with van der Waals surface area (Å²) in [4.78, 5) is 34.4. The molecule has 23 heavy (non-hydrogen) atoms. The average Bonchev–Trinajstić information content (AvgIpc) is 2.53. The van der Waals surface area contributed by atoms with Gasteiger partial charge in [-0.3, -0.25) is 9.59 Å². The molecule has 0 aliphatic rings. The van der Waals surface area contributed by atoms with E-state index < -0.39 is 5.97 Å².